The lowest BCUT2D eigenvalue weighted by molar-refractivity contribution is -0.334. The van der Waals surface area contributed by atoms with Gasteiger partial charge in [0.2, 0.25) is 0 Å². The van der Waals surface area contributed by atoms with Crippen molar-refractivity contribution in [3.05, 3.63) is 0 Å². The molecule has 182 valence electrons. The maximum Gasteiger partial charge on any atom is 0.161 e. The highest BCUT2D eigenvalue weighted by Gasteiger charge is 2.45. The van der Waals surface area contributed by atoms with Gasteiger partial charge in [0.05, 0.1) is 36.6 Å². The monoisotopic (exact) mass is 450 g/mol. The summed E-state index contributed by atoms with van der Waals surface area (Å²) in [5.41, 5.74) is 0. The summed E-state index contributed by atoms with van der Waals surface area (Å²) in [6.07, 6.45) is -4.26. The van der Waals surface area contributed by atoms with E-state index in [1.54, 1.807) is 28.3 Å². The highest BCUT2D eigenvalue weighted by molar-refractivity contribution is 4.88. The Labute approximate surface area is 184 Å². The first kappa shape index (κ1) is 25.2. The number of methoxy groups -OCH3 is 3. The van der Waals surface area contributed by atoms with Gasteiger partial charge in [0, 0.05) is 40.6 Å². The predicted molar refractivity (Wildman–Crippen MR) is 107 cm³/mol. The van der Waals surface area contributed by atoms with Crippen molar-refractivity contribution in [2.24, 2.45) is 0 Å². The highest BCUT2D eigenvalue weighted by atomic mass is 16.7. The van der Waals surface area contributed by atoms with E-state index in [2.05, 4.69) is 0 Å². The van der Waals surface area contributed by atoms with Gasteiger partial charge in [-0.05, 0) is 20.8 Å². The largest absolute Gasteiger partial charge is 0.388 e. The minimum absolute atomic E-state index is 0.285. The maximum absolute atomic E-state index is 10.2. The Hall–Kier alpha value is -0.400. The van der Waals surface area contributed by atoms with E-state index in [4.69, 9.17) is 37.9 Å². The van der Waals surface area contributed by atoms with Crippen LogP contribution in [0.1, 0.15) is 40.0 Å². The maximum atomic E-state index is 10.2. The van der Waals surface area contributed by atoms with Crippen molar-refractivity contribution in [1.29, 1.82) is 0 Å². The molecule has 10 nitrogen and oxygen atoms in total. The Bertz CT molecular complexity index is 550. The molecule has 0 aromatic carbocycles. The Morgan fingerprint density at radius 1 is 0.613 bits per heavy atom. The average Bonchev–Trinajstić information content (AvgIpc) is 2.73. The molecule has 0 unspecified atom stereocenters. The van der Waals surface area contributed by atoms with Crippen molar-refractivity contribution >= 4 is 0 Å². The van der Waals surface area contributed by atoms with Crippen molar-refractivity contribution in [3.63, 3.8) is 0 Å². The zero-order chi connectivity index (χ0) is 22.7. The number of hydrogen-bond donors (Lipinski definition) is 2. The zero-order valence-corrected chi connectivity index (χ0v) is 19.2. The molecule has 3 aliphatic rings. The third-order valence-corrected chi connectivity index (χ3v) is 6.43. The second-order valence-electron chi connectivity index (χ2n) is 8.56. The van der Waals surface area contributed by atoms with Gasteiger partial charge in [0.25, 0.3) is 0 Å². The number of hydrogen-bond acceptors (Lipinski definition) is 10. The number of ether oxygens (including phenoxy) is 8. The summed E-state index contributed by atoms with van der Waals surface area (Å²) in [6.45, 7) is 5.54. The van der Waals surface area contributed by atoms with Crippen LogP contribution in [-0.2, 0) is 37.9 Å². The van der Waals surface area contributed by atoms with Crippen molar-refractivity contribution in [3.8, 4) is 0 Å². The molecule has 3 fully saturated rings. The minimum Gasteiger partial charge on any atom is -0.388 e. The third kappa shape index (κ3) is 5.94. The van der Waals surface area contributed by atoms with E-state index in [-0.39, 0.29) is 42.7 Å². The molecule has 0 saturated carbocycles. The molecule has 0 aromatic rings. The van der Waals surface area contributed by atoms with Gasteiger partial charge in [0.15, 0.2) is 18.9 Å². The van der Waals surface area contributed by atoms with E-state index in [1.165, 1.54) is 0 Å². The molecule has 3 heterocycles. The van der Waals surface area contributed by atoms with Crippen LogP contribution in [0.2, 0.25) is 0 Å². The highest BCUT2D eigenvalue weighted by Crippen LogP contribution is 2.33. The first-order chi connectivity index (χ1) is 14.8. The molecule has 31 heavy (non-hydrogen) atoms. The fourth-order valence-electron chi connectivity index (χ4n) is 4.64. The molecule has 0 radical (unpaired) electrons. The molecule has 12 atom stereocenters. The van der Waals surface area contributed by atoms with E-state index in [9.17, 15) is 10.2 Å². The number of aliphatic hydroxyl groups excluding tert-OH is 2. The van der Waals surface area contributed by atoms with Crippen LogP contribution in [0.3, 0.4) is 0 Å². The van der Waals surface area contributed by atoms with Crippen LogP contribution in [-0.4, -0.2) is 105 Å². The van der Waals surface area contributed by atoms with Crippen LogP contribution >= 0.6 is 0 Å². The Balaban J connectivity index is 1.60. The van der Waals surface area contributed by atoms with E-state index >= 15 is 0 Å². The van der Waals surface area contributed by atoms with Crippen molar-refractivity contribution in [2.75, 3.05) is 21.3 Å². The first-order valence-corrected chi connectivity index (χ1v) is 11.0. The summed E-state index contributed by atoms with van der Waals surface area (Å²) in [6, 6.07) is 0. The molecular weight excluding hydrogens is 412 g/mol. The molecular formula is C21H38O10. The van der Waals surface area contributed by atoms with Gasteiger partial charge in [-0.25, -0.2) is 0 Å². The Morgan fingerprint density at radius 3 is 1.61 bits per heavy atom. The SMILES string of the molecule is CO[C@H]1C[C@H](O[C@H]2[C@H](C)O[C@H](O[C@@H]3[C@H](C)O[C@@H](O)C[C@@H]3OC)C[C@H]2OC)O[C@@H](C)[C@H]1O. The predicted octanol–water partition coefficient (Wildman–Crippen LogP) is 0.560. The lowest BCUT2D eigenvalue weighted by Gasteiger charge is -2.45. The van der Waals surface area contributed by atoms with Gasteiger partial charge in [-0.15, -0.1) is 0 Å². The van der Waals surface area contributed by atoms with E-state index in [1.807, 2.05) is 13.8 Å². The van der Waals surface area contributed by atoms with E-state index in [0.717, 1.165) is 0 Å². The Kier molecular flexibility index (Phi) is 9.07. The molecule has 3 saturated heterocycles. The quantitative estimate of drug-likeness (QED) is 0.570. The topological polar surface area (TPSA) is 114 Å². The van der Waals surface area contributed by atoms with Crippen molar-refractivity contribution < 1.29 is 48.1 Å². The van der Waals surface area contributed by atoms with Crippen LogP contribution in [0.5, 0.6) is 0 Å². The fourth-order valence-corrected chi connectivity index (χ4v) is 4.64. The molecule has 0 aromatic heterocycles. The molecule has 3 rings (SSSR count). The van der Waals surface area contributed by atoms with Crippen molar-refractivity contribution in [1.82, 2.24) is 0 Å². The smallest absolute Gasteiger partial charge is 0.161 e. The minimum atomic E-state index is -0.872. The summed E-state index contributed by atoms with van der Waals surface area (Å²) >= 11 is 0. The average molecular weight is 451 g/mol. The van der Waals surface area contributed by atoms with Crippen LogP contribution in [0.25, 0.3) is 0 Å². The van der Waals surface area contributed by atoms with E-state index in [0.29, 0.717) is 19.3 Å². The molecule has 0 bridgehead atoms. The first-order valence-electron chi connectivity index (χ1n) is 11.0. The number of aliphatic hydroxyl groups is 2. The van der Waals surface area contributed by atoms with Crippen molar-refractivity contribution in [2.45, 2.75) is 114 Å². The lowest BCUT2D eigenvalue weighted by atomic mass is 9.99. The van der Waals surface area contributed by atoms with Crippen LogP contribution in [0.15, 0.2) is 0 Å². The molecule has 10 heteroatoms. The summed E-state index contributed by atoms with van der Waals surface area (Å²) in [5.74, 6) is 0. The second kappa shape index (κ2) is 11.1. The van der Waals surface area contributed by atoms with Gasteiger partial charge in [-0.1, -0.05) is 0 Å². The van der Waals surface area contributed by atoms with Crippen LogP contribution in [0, 0.1) is 0 Å². The molecule has 0 amide bonds. The lowest BCUT2D eigenvalue weighted by Crippen LogP contribution is -2.56. The molecule has 2 N–H and O–H groups in total. The number of rotatable bonds is 7. The molecule has 3 aliphatic heterocycles. The van der Waals surface area contributed by atoms with Gasteiger partial charge in [-0.3, -0.25) is 0 Å². The fraction of sp³-hybridized carbons (Fsp3) is 1.00. The van der Waals surface area contributed by atoms with Gasteiger partial charge in [0.1, 0.15) is 18.3 Å². The van der Waals surface area contributed by atoms with Gasteiger partial charge < -0.3 is 48.1 Å². The summed E-state index contributed by atoms with van der Waals surface area (Å²) in [7, 11) is 4.79. The molecule has 0 spiro atoms. The third-order valence-electron chi connectivity index (χ3n) is 6.43. The van der Waals surface area contributed by atoms with Gasteiger partial charge in [-0.2, -0.15) is 0 Å². The summed E-state index contributed by atoms with van der Waals surface area (Å²) < 4.78 is 46.4. The Morgan fingerprint density at radius 2 is 1.06 bits per heavy atom. The summed E-state index contributed by atoms with van der Waals surface area (Å²) in [4.78, 5) is 0. The molecule has 0 aliphatic carbocycles. The van der Waals surface area contributed by atoms with Gasteiger partial charge >= 0.3 is 0 Å². The summed E-state index contributed by atoms with van der Waals surface area (Å²) in [5, 5.41) is 20.0. The van der Waals surface area contributed by atoms with E-state index < -0.39 is 31.1 Å². The standard InChI is InChI=1S/C21H38O10/c1-10-19(23)13(24-4)8-17(28-10)30-21-12(3)29-18(9-15(21)26-6)31-20-11(2)27-16(22)7-14(20)25-5/h10-23H,7-9H2,1-6H3/t10-,11-,12-,13-,14-,15+,16+,17-,18+,19+,20+,21-/m0/s1. The zero-order valence-electron chi connectivity index (χ0n) is 19.2. The normalized spacial score (nSPS) is 49.2. The van der Waals surface area contributed by atoms with Crippen LogP contribution in [0.4, 0.5) is 0 Å². The second-order valence-corrected chi connectivity index (χ2v) is 8.56. The van der Waals surface area contributed by atoms with Crippen LogP contribution < -0.4 is 0 Å².